The molecule has 0 aromatic carbocycles. The monoisotopic (exact) mass is 254 g/mol. The summed E-state index contributed by atoms with van der Waals surface area (Å²) < 4.78 is 29.9. The fourth-order valence-electron chi connectivity index (χ4n) is 1.79. The SMILES string of the molecule is O=S(=O)(O)CCN1CCNCC1(O)CCO. The van der Waals surface area contributed by atoms with Crippen LogP contribution < -0.4 is 5.32 Å². The van der Waals surface area contributed by atoms with Crippen molar-refractivity contribution in [2.45, 2.75) is 12.1 Å². The third-order valence-electron chi connectivity index (χ3n) is 2.69. The average Bonchev–Trinajstić information content (AvgIpc) is 2.15. The molecular weight excluding hydrogens is 236 g/mol. The number of aliphatic hydroxyl groups excluding tert-OH is 1. The van der Waals surface area contributed by atoms with Crippen LogP contribution in [0.4, 0.5) is 0 Å². The topological polar surface area (TPSA) is 110 Å². The summed E-state index contributed by atoms with van der Waals surface area (Å²) in [5, 5.41) is 22.0. The number of rotatable bonds is 5. The van der Waals surface area contributed by atoms with Crippen molar-refractivity contribution in [3.63, 3.8) is 0 Å². The van der Waals surface area contributed by atoms with Gasteiger partial charge in [0.25, 0.3) is 10.1 Å². The third kappa shape index (κ3) is 3.96. The normalized spacial score (nSPS) is 28.2. The molecule has 0 aromatic rings. The summed E-state index contributed by atoms with van der Waals surface area (Å²) in [6.07, 6.45) is 0.144. The Balaban J connectivity index is 2.60. The van der Waals surface area contributed by atoms with Crippen LogP contribution in [0.1, 0.15) is 6.42 Å². The van der Waals surface area contributed by atoms with Crippen molar-refractivity contribution in [3.05, 3.63) is 0 Å². The second kappa shape index (κ2) is 5.39. The smallest absolute Gasteiger partial charge is 0.266 e. The van der Waals surface area contributed by atoms with Crippen LogP contribution in [0.2, 0.25) is 0 Å². The first-order valence-electron chi connectivity index (χ1n) is 5.11. The number of nitrogens with zero attached hydrogens (tertiary/aromatic N) is 1. The molecule has 1 aliphatic heterocycles. The van der Waals surface area contributed by atoms with E-state index in [1.54, 1.807) is 4.90 Å². The Morgan fingerprint density at radius 2 is 2.12 bits per heavy atom. The molecular formula is C8H18N2O5S. The van der Waals surface area contributed by atoms with E-state index in [1.807, 2.05) is 0 Å². The van der Waals surface area contributed by atoms with Crippen LogP contribution in [0.15, 0.2) is 0 Å². The number of β-amino-alcohol motifs (C(OH)–C–C–N with tert-alkyl or cyclic N) is 1. The first-order valence-corrected chi connectivity index (χ1v) is 6.72. The van der Waals surface area contributed by atoms with Crippen molar-refractivity contribution >= 4 is 10.1 Å². The molecule has 1 fully saturated rings. The first kappa shape index (κ1) is 13.8. The van der Waals surface area contributed by atoms with Gasteiger partial charge in [-0.25, -0.2) is 0 Å². The van der Waals surface area contributed by atoms with Crippen molar-refractivity contribution in [2.75, 3.05) is 38.5 Å². The van der Waals surface area contributed by atoms with Gasteiger partial charge in [-0.3, -0.25) is 9.45 Å². The van der Waals surface area contributed by atoms with Crippen molar-refractivity contribution in [2.24, 2.45) is 0 Å². The summed E-state index contributed by atoms with van der Waals surface area (Å²) in [6.45, 7) is 1.27. The molecule has 1 unspecified atom stereocenters. The maximum atomic E-state index is 10.6. The Labute approximate surface area is 94.8 Å². The van der Waals surface area contributed by atoms with Gasteiger partial charge in [0, 0.05) is 39.2 Å². The van der Waals surface area contributed by atoms with E-state index in [4.69, 9.17) is 9.66 Å². The zero-order valence-electron chi connectivity index (χ0n) is 8.96. The zero-order chi connectivity index (χ0) is 12.2. The largest absolute Gasteiger partial charge is 0.396 e. The number of hydrogen-bond donors (Lipinski definition) is 4. The summed E-state index contributed by atoms with van der Waals surface area (Å²) in [6, 6.07) is 0. The highest BCUT2D eigenvalue weighted by Gasteiger charge is 2.36. The van der Waals surface area contributed by atoms with E-state index in [9.17, 15) is 13.5 Å². The van der Waals surface area contributed by atoms with E-state index in [-0.39, 0.29) is 26.1 Å². The molecule has 1 aliphatic rings. The molecule has 96 valence electrons. The molecule has 0 saturated carbocycles. The zero-order valence-corrected chi connectivity index (χ0v) is 9.78. The third-order valence-corrected chi connectivity index (χ3v) is 3.39. The van der Waals surface area contributed by atoms with Gasteiger partial charge in [-0.2, -0.15) is 8.42 Å². The maximum absolute atomic E-state index is 10.6. The average molecular weight is 254 g/mol. The number of nitrogens with one attached hydrogen (secondary N) is 1. The quantitative estimate of drug-likeness (QED) is 0.414. The van der Waals surface area contributed by atoms with Crippen LogP contribution in [0.5, 0.6) is 0 Å². The summed E-state index contributed by atoms with van der Waals surface area (Å²) >= 11 is 0. The molecule has 1 saturated heterocycles. The standard InChI is InChI=1S/C8H18N2O5S/c11-5-1-8(12)7-9-2-3-10(8)4-6-16(13,14)15/h9,11-12H,1-7H2,(H,13,14,15). The highest BCUT2D eigenvalue weighted by atomic mass is 32.2. The highest BCUT2D eigenvalue weighted by molar-refractivity contribution is 7.85. The van der Waals surface area contributed by atoms with Gasteiger partial charge >= 0.3 is 0 Å². The number of hydrogen-bond acceptors (Lipinski definition) is 6. The van der Waals surface area contributed by atoms with E-state index in [2.05, 4.69) is 5.32 Å². The summed E-state index contributed by atoms with van der Waals surface area (Å²) in [5.74, 6) is -0.416. The molecule has 8 heteroatoms. The molecule has 16 heavy (non-hydrogen) atoms. The van der Waals surface area contributed by atoms with Gasteiger partial charge in [-0.15, -0.1) is 0 Å². The van der Waals surface area contributed by atoms with Gasteiger partial charge in [-0.1, -0.05) is 0 Å². The van der Waals surface area contributed by atoms with E-state index < -0.39 is 21.6 Å². The summed E-state index contributed by atoms with van der Waals surface area (Å²) in [7, 11) is -4.02. The van der Waals surface area contributed by atoms with Crippen LogP contribution in [0.3, 0.4) is 0 Å². The van der Waals surface area contributed by atoms with Crippen LogP contribution >= 0.6 is 0 Å². The predicted molar refractivity (Wildman–Crippen MR) is 57.5 cm³/mol. The first-order chi connectivity index (χ1) is 7.37. The van der Waals surface area contributed by atoms with Crippen molar-refractivity contribution in [1.29, 1.82) is 0 Å². The van der Waals surface area contributed by atoms with E-state index in [1.165, 1.54) is 0 Å². The van der Waals surface area contributed by atoms with Gasteiger partial charge < -0.3 is 15.5 Å². The molecule has 1 heterocycles. The Morgan fingerprint density at radius 1 is 1.44 bits per heavy atom. The van der Waals surface area contributed by atoms with Crippen molar-refractivity contribution < 1.29 is 23.2 Å². The lowest BCUT2D eigenvalue weighted by atomic mass is 10.1. The lowest BCUT2D eigenvalue weighted by Crippen LogP contribution is -2.62. The Bertz CT molecular complexity index is 316. The molecule has 1 rings (SSSR count). The van der Waals surface area contributed by atoms with Crippen LogP contribution in [0, 0.1) is 0 Å². The van der Waals surface area contributed by atoms with E-state index in [0.717, 1.165) is 0 Å². The predicted octanol–water partition coefficient (Wildman–Crippen LogP) is -2.15. The summed E-state index contributed by atoms with van der Waals surface area (Å²) in [4.78, 5) is 1.56. The van der Waals surface area contributed by atoms with Crippen molar-refractivity contribution in [1.82, 2.24) is 10.2 Å². The second-order valence-corrected chi connectivity index (χ2v) is 5.48. The van der Waals surface area contributed by atoms with Crippen molar-refractivity contribution in [3.8, 4) is 0 Å². The molecule has 0 spiro atoms. The molecule has 7 nitrogen and oxygen atoms in total. The molecule has 4 N–H and O–H groups in total. The minimum absolute atomic E-state index is 0.0526. The van der Waals surface area contributed by atoms with Gasteiger partial charge in [-0.05, 0) is 0 Å². The lowest BCUT2D eigenvalue weighted by molar-refractivity contribution is -0.129. The van der Waals surface area contributed by atoms with E-state index >= 15 is 0 Å². The van der Waals surface area contributed by atoms with Gasteiger partial charge in [0.1, 0.15) is 5.72 Å². The van der Waals surface area contributed by atoms with Gasteiger partial charge in [0.05, 0.1) is 5.75 Å². The maximum Gasteiger partial charge on any atom is 0.266 e. The van der Waals surface area contributed by atoms with Gasteiger partial charge in [0.2, 0.25) is 0 Å². The molecule has 1 atom stereocenters. The molecule has 0 bridgehead atoms. The highest BCUT2D eigenvalue weighted by Crippen LogP contribution is 2.18. The molecule has 0 aliphatic carbocycles. The molecule has 0 radical (unpaired) electrons. The Morgan fingerprint density at radius 3 is 2.69 bits per heavy atom. The van der Waals surface area contributed by atoms with Crippen LogP contribution in [-0.2, 0) is 10.1 Å². The van der Waals surface area contributed by atoms with E-state index in [0.29, 0.717) is 13.1 Å². The Kier molecular flexibility index (Phi) is 4.65. The lowest BCUT2D eigenvalue weighted by Gasteiger charge is -2.43. The molecule has 0 aromatic heterocycles. The minimum atomic E-state index is -4.02. The Hall–Kier alpha value is -0.250. The van der Waals surface area contributed by atoms with Crippen LogP contribution in [-0.4, -0.2) is 72.3 Å². The fraction of sp³-hybridized carbons (Fsp3) is 1.00. The van der Waals surface area contributed by atoms with Crippen LogP contribution in [0.25, 0.3) is 0 Å². The number of piperazine rings is 1. The minimum Gasteiger partial charge on any atom is -0.396 e. The number of aliphatic hydroxyl groups is 2. The fourth-order valence-corrected chi connectivity index (χ4v) is 2.24. The summed E-state index contributed by atoms with van der Waals surface area (Å²) in [5.41, 5.74) is -1.24. The second-order valence-electron chi connectivity index (χ2n) is 3.91. The molecule has 0 amide bonds. The van der Waals surface area contributed by atoms with Gasteiger partial charge in [0.15, 0.2) is 0 Å².